The van der Waals surface area contributed by atoms with E-state index in [0.29, 0.717) is 25.0 Å². The molecule has 0 unspecified atom stereocenters. The Kier molecular flexibility index (Phi) is 5.12. The first kappa shape index (κ1) is 14.5. The van der Waals surface area contributed by atoms with Gasteiger partial charge in [-0.1, -0.05) is 30.3 Å². The molecular formula is C15H18FNO3. The number of nitrogens with zero attached hydrogens (tertiary/aromatic N) is 1. The number of halogens is 1. The van der Waals surface area contributed by atoms with Gasteiger partial charge in [0.15, 0.2) is 0 Å². The van der Waals surface area contributed by atoms with Crippen LogP contribution in [0, 0.1) is 0 Å². The molecule has 0 radical (unpaired) electrons. The van der Waals surface area contributed by atoms with Crippen LogP contribution in [-0.2, 0) is 11.3 Å². The molecule has 0 saturated carbocycles. The van der Waals surface area contributed by atoms with E-state index in [1.165, 1.54) is 4.90 Å². The third-order valence-corrected chi connectivity index (χ3v) is 3.27. The zero-order chi connectivity index (χ0) is 14.4. The zero-order valence-electron chi connectivity index (χ0n) is 11.2. The van der Waals surface area contributed by atoms with Crippen LogP contribution in [0.1, 0.15) is 18.4 Å². The molecule has 1 saturated heterocycles. The highest BCUT2D eigenvalue weighted by atomic mass is 19.1. The molecule has 108 valence electrons. The van der Waals surface area contributed by atoms with Gasteiger partial charge in [-0.25, -0.2) is 9.18 Å². The molecule has 1 fully saturated rings. The Morgan fingerprint density at radius 2 is 2.10 bits per heavy atom. The van der Waals surface area contributed by atoms with E-state index in [-0.39, 0.29) is 13.2 Å². The first-order valence-corrected chi connectivity index (χ1v) is 6.63. The van der Waals surface area contributed by atoms with Gasteiger partial charge in [-0.05, 0) is 24.0 Å². The molecule has 0 aromatic heterocycles. The van der Waals surface area contributed by atoms with Gasteiger partial charge in [-0.3, -0.25) is 0 Å². The molecule has 1 heterocycles. The quantitative estimate of drug-likeness (QED) is 0.925. The largest absolute Gasteiger partial charge is 0.445 e. The Morgan fingerprint density at radius 1 is 1.35 bits per heavy atom. The second-order valence-corrected chi connectivity index (χ2v) is 4.73. The maximum absolute atomic E-state index is 13.4. The maximum atomic E-state index is 13.4. The average Bonchev–Trinajstić information content (AvgIpc) is 2.53. The van der Waals surface area contributed by atoms with Crippen LogP contribution in [0.3, 0.4) is 0 Å². The first-order valence-electron chi connectivity index (χ1n) is 6.63. The fraction of sp³-hybridized carbons (Fsp3) is 0.400. The highest BCUT2D eigenvalue weighted by molar-refractivity contribution is 5.68. The average molecular weight is 279 g/mol. The molecule has 1 amide bonds. The van der Waals surface area contributed by atoms with Crippen molar-refractivity contribution in [1.82, 2.24) is 4.90 Å². The summed E-state index contributed by atoms with van der Waals surface area (Å²) in [4.78, 5) is 13.4. The molecule has 0 atom stereocenters. The molecule has 2 rings (SSSR count). The van der Waals surface area contributed by atoms with Crippen molar-refractivity contribution in [1.29, 1.82) is 0 Å². The van der Waals surface area contributed by atoms with Crippen LogP contribution in [0.5, 0.6) is 0 Å². The monoisotopic (exact) mass is 279 g/mol. The summed E-state index contributed by atoms with van der Waals surface area (Å²) in [6.07, 6.45) is 0.815. The number of amides is 1. The maximum Gasteiger partial charge on any atom is 0.410 e. The lowest BCUT2D eigenvalue weighted by molar-refractivity contribution is 0.0947. The number of likely N-dealkylation sites (tertiary alicyclic amines) is 1. The summed E-state index contributed by atoms with van der Waals surface area (Å²) >= 11 is 0. The molecule has 1 aromatic carbocycles. The number of rotatable bonds is 3. The smallest absolute Gasteiger partial charge is 0.410 e. The molecule has 20 heavy (non-hydrogen) atoms. The van der Waals surface area contributed by atoms with Gasteiger partial charge in [0.25, 0.3) is 0 Å². The third kappa shape index (κ3) is 3.81. The van der Waals surface area contributed by atoms with E-state index in [1.54, 1.807) is 0 Å². The molecule has 1 aliphatic heterocycles. The third-order valence-electron chi connectivity index (χ3n) is 3.27. The van der Waals surface area contributed by atoms with Crippen molar-refractivity contribution in [2.45, 2.75) is 19.4 Å². The van der Waals surface area contributed by atoms with Crippen molar-refractivity contribution in [3.63, 3.8) is 0 Å². The summed E-state index contributed by atoms with van der Waals surface area (Å²) < 4.78 is 18.6. The van der Waals surface area contributed by atoms with Gasteiger partial charge in [-0.2, -0.15) is 0 Å². The Balaban J connectivity index is 1.89. The SMILES string of the molecule is O=C(OCc1ccccc1)N1CCC/C(=C(\F)CO)C1. The van der Waals surface area contributed by atoms with E-state index in [9.17, 15) is 9.18 Å². The molecule has 0 bridgehead atoms. The number of ether oxygens (including phenoxy) is 1. The summed E-state index contributed by atoms with van der Waals surface area (Å²) in [5.74, 6) is -0.537. The lowest BCUT2D eigenvalue weighted by Crippen LogP contribution is -2.37. The number of piperidine rings is 1. The van der Waals surface area contributed by atoms with Gasteiger partial charge in [0, 0.05) is 13.1 Å². The molecule has 5 heteroatoms. The van der Waals surface area contributed by atoms with Gasteiger partial charge in [0.2, 0.25) is 0 Å². The highest BCUT2D eigenvalue weighted by Crippen LogP contribution is 2.20. The number of aliphatic hydroxyl groups is 1. The minimum absolute atomic E-state index is 0.194. The summed E-state index contributed by atoms with van der Waals surface area (Å²) in [5.41, 5.74) is 1.39. The molecule has 1 aliphatic rings. The van der Waals surface area contributed by atoms with Gasteiger partial charge < -0.3 is 14.7 Å². The van der Waals surface area contributed by atoms with Crippen molar-refractivity contribution in [3.05, 3.63) is 47.3 Å². The predicted octanol–water partition coefficient (Wildman–Crippen LogP) is 2.63. The van der Waals surface area contributed by atoms with E-state index < -0.39 is 18.5 Å². The number of hydrogen-bond donors (Lipinski definition) is 1. The van der Waals surface area contributed by atoms with Gasteiger partial charge in [-0.15, -0.1) is 0 Å². The number of benzene rings is 1. The van der Waals surface area contributed by atoms with Crippen molar-refractivity contribution in [3.8, 4) is 0 Å². The number of hydrogen-bond acceptors (Lipinski definition) is 3. The van der Waals surface area contributed by atoms with E-state index in [0.717, 1.165) is 5.56 Å². The Hall–Kier alpha value is -1.88. The van der Waals surface area contributed by atoms with Crippen LogP contribution < -0.4 is 0 Å². The Bertz CT molecular complexity index is 487. The summed E-state index contributed by atoms with van der Waals surface area (Å²) in [7, 11) is 0. The molecular weight excluding hydrogens is 261 g/mol. The summed E-state index contributed by atoms with van der Waals surface area (Å²) in [6.45, 7) is 0.343. The zero-order valence-corrected chi connectivity index (χ0v) is 11.2. The van der Waals surface area contributed by atoms with Crippen LogP contribution in [0.4, 0.5) is 9.18 Å². The minimum atomic E-state index is -0.609. The lowest BCUT2D eigenvalue weighted by atomic mass is 10.0. The Morgan fingerprint density at radius 3 is 2.80 bits per heavy atom. The van der Waals surface area contributed by atoms with Crippen LogP contribution in [0.25, 0.3) is 0 Å². The summed E-state index contributed by atoms with van der Waals surface area (Å²) in [6, 6.07) is 9.40. The van der Waals surface area contributed by atoms with Crippen molar-refractivity contribution in [2.75, 3.05) is 19.7 Å². The molecule has 1 N–H and O–H groups in total. The van der Waals surface area contributed by atoms with Crippen LogP contribution in [0.2, 0.25) is 0 Å². The fourth-order valence-corrected chi connectivity index (χ4v) is 2.17. The molecule has 0 aliphatic carbocycles. The van der Waals surface area contributed by atoms with Gasteiger partial charge in [0.1, 0.15) is 12.4 Å². The lowest BCUT2D eigenvalue weighted by Gasteiger charge is -2.28. The van der Waals surface area contributed by atoms with Gasteiger partial charge >= 0.3 is 6.09 Å². The second-order valence-electron chi connectivity index (χ2n) is 4.73. The minimum Gasteiger partial charge on any atom is -0.445 e. The number of carbonyl (C=O) groups is 1. The standard InChI is InChI=1S/C15H18FNO3/c16-14(10-18)13-7-4-8-17(9-13)15(19)20-11-12-5-2-1-3-6-12/h1-3,5-6,18H,4,7-11H2/b14-13+. The van der Waals surface area contributed by atoms with Crippen LogP contribution >= 0.6 is 0 Å². The number of aliphatic hydroxyl groups excluding tert-OH is 1. The van der Waals surface area contributed by atoms with Crippen molar-refractivity contribution >= 4 is 6.09 Å². The van der Waals surface area contributed by atoms with Crippen LogP contribution in [-0.4, -0.2) is 35.8 Å². The fourth-order valence-electron chi connectivity index (χ4n) is 2.17. The van der Waals surface area contributed by atoms with Gasteiger partial charge in [0.05, 0.1) is 6.61 Å². The van der Waals surface area contributed by atoms with E-state index in [2.05, 4.69) is 0 Å². The van der Waals surface area contributed by atoms with Crippen molar-refractivity contribution < 1.29 is 19.0 Å². The molecule has 4 nitrogen and oxygen atoms in total. The second kappa shape index (κ2) is 7.05. The number of carbonyl (C=O) groups excluding carboxylic acids is 1. The van der Waals surface area contributed by atoms with Crippen LogP contribution in [0.15, 0.2) is 41.7 Å². The Labute approximate surface area is 117 Å². The van der Waals surface area contributed by atoms with E-state index in [1.807, 2.05) is 30.3 Å². The van der Waals surface area contributed by atoms with E-state index >= 15 is 0 Å². The summed E-state index contributed by atoms with van der Waals surface area (Å²) in [5, 5.41) is 8.80. The topological polar surface area (TPSA) is 49.8 Å². The highest BCUT2D eigenvalue weighted by Gasteiger charge is 2.22. The molecule has 1 aromatic rings. The predicted molar refractivity (Wildman–Crippen MR) is 72.7 cm³/mol. The van der Waals surface area contributed by atoms with Crippen molar-refractivity contribution in [2.24, 2.45) is 0 Å². The van der Waals surface area contributed by atoms with E-state index in [4.69, 9.17) is 9.84 Å². The molecule has 0 spiro atoms. The first-order chi connectivity index (χ1) is 9.70. The normalized spacial score (nSPS) is 17.8.